The highest BCUT2D eigenvalue weighted by Gasteiger charge is 2.21. The Balaban J connectivity index is 2.05. The molecule has 1 N–H and O–H groups in total. The van der Waals surface area contributed by atoms with Crippen LogP contribution in [-0.4, -0.2) is 16.1 Å². The van der Waals surface area contributed by atoms with Gasteiger partial charge in [0.25, 0.3) is 0 Å². The maximum atomic E-state index is 11.4. The van der Waals surface area contributed by atoms with Crippen molar-refractivity contribution in [1.29, 1.82) is 0 Å². The van der Waals surface area contributed by atoms with Gasteiger partial charge in [-0.2, -0.15) is 0 Å². The Bertz CT molecular complexity index is 722. The molecule has 0 bridgehead atoms. The zero-order chi connectivity index (χ0) is 15.0. The Kier molecular flexibility index (Phi) is 3.37. The normalized spacial score (nSPS) is 13.0. The predicted octanol–water partition coefficient (Wildman–Crippen LogP) is 3.68. The molecule has 0 spiro atoms. The SMILES string of the molecule is Cc1cccc(Oc2nc3c(cc2C(=O)O)CCC3)c1C. The number of fused-ring (bicyclic) bond motifs is 1. The van der Waals surface area contributed by atoms with Crippen LogP contribution in [0.1, 0.15) is 39.2 Å². The Hall–Kier alpha value is -2.36. The van der Waals surface area contributed by atoms with Gasteiger partial charge in [0.15, 0.2) is 0 Å². The maximum absolute atomic E-state index is 11.4. The highest BCUT2D eigenvalue weighted by atomic mass is 16.5. The molecule has 0 fully saturated rings. The van der Waals surface area contributed by atoms with Crippen LogP contribution in [0.4, 0.5) is 0 Å². The van der Waals surface area contributed by atoms with E-state index in [9.17, 15) is 9.90 Å². The van der Waals surface area contributed by atoms with E-state index in [1.165, 1.54) is 0 Å². The van der Waals surface area contributed by atoms with E-state index in [-0.39, 0.29) is 11.4 Å². The van der Waals surface area contributed by atoms with E-state index in [0.717, 1.165) is 41.6 Å². The van der Waals surface area contributed by atoms with Crippen molar-refractivity contribution in [1.82, 2.24) is 4.98 Å². The lowest BCUT2D eigenvalue weighted by atomic mass is 10.1. The molecular formula is C17H17NO3. The lowest BCUT2D eigenvalue weighted by Gasteiger charge is -2.13. The van der Waals surface area contributed by atoms with E-state index < -0.39 is 5.97 Å². The van der Waals surface area contributed by atoms with Gasteiger partial charge in [0.2, 0.25) is 5.88 Å². The fourth-order valence-corrected chi connectivity index (χ4v) is 2.62. The number of carboxylic acids is 1. The summed E-state index contributed by atoms with van der Waals surface area (Å²) < 4.78 is 5.82. The molecule has 1 aliphatic carbocycles. The molecule has 0 amide bonds. The number of rotatable bonds is 3. The molecule has 0 aliphatic heterocycles. The van der Waals surface area contributed by atoms with Crippen LogP contribution >= 0.6 is 0 Å². The first kappa shape index (κ1) is 13.6. The van der Waals surface area contributed by atoms with Crippen LogP contribution in [0.5, 0.6) is 11.6 Å². The summed E-state index contributed by atoms with van der Waals surface area (Å²) in [6.07, 6.45) is 2.80. The fourth-order valence-electron chi connectivity index (χ4n) is 2.62. The fraction of sp³-hybridized carbons (Fsp3) is 0.294. The van der Waals surface area contributed by atoms with Crippen LogP contribution in [0.25, 0.3) is 0 Å². The minimum Gasteiger partial charge on any atom is -0.477 e. The molecule has 108 valence electrons. The molecule has 4 heteroatoms. The molecule has 0 unspecified atom stereocenters. The largest absolute Gasteiger partial charge is 0.477 e. The molecule has 1 aromatic heterocycles. The minimum atomic E-state index is -1.00. The summed E-state index contributed by atoms with van der Waals surface area (Å²) in [5.41, 5.74) is 4.22. The van der Waals surface area contributed by atoms with Crippen molar-refractivity contribution in [3.8, 4) is 11.6 Å². The van der Waals surface area contributed by atoms with Crippen molar-refractivity contribution in [2.45, 2.75) is 33.1 Å². The third kappa shape index (κ3) is 2.49. The monoisotopic (exact) mass is 283 g/mol. The number of carboxylic acid groups (broad SMARTS) is 1. The second-order valence-electron chi connectivity index (χ2n) is 5.41. The average Bonchev–Trinajstić information content (AvgIpc) is 2.90. The molecule has 21 heavy (non-hydrogen) atoms. The molecule has 3 rings (SSSR count). The van der Waals surface area contributed by atoms with E-state index in [1.54, 1.807) is 6.07 Å². The molecule has 0 saturated heterocycles. The van der Waals surface area contributed by atoms with Crippen molar-refractivity contribution in [3.63, 3.8) is 0 Å². The molecule has 0 radical (unpaired) electrons. The third-order valence-corrected chi connectivity index (χ3v) is 4.01. The van der Waals surface area contributed by atoms with Crippen molar-refractivity contribution in [2.75, 3.05) is 0 Å². The van der Waals surface area contributed by atoms with Crippen LogP contribution in [0, 0.1) is 13.8 Å². The Morgan fingerprint density at radius 2 is 2.10 bits per heavy atom. The Labute approximate surface area is 123 Å². The second-order valence-corrected chi connectivity index (χ2v) is 5.41. The smallest absolute Gasteiger partial charge is 0.341 e. The second kappa shape index (κ2) is 5.20. The van der Waals surface area contributed by atoms with Gasteiger partial charge in [0.05, 0.1) is 0 Å². The summed E-state index contributed by atoms with van der Waals surface area (Å²) in [5, 5.41) is 9.38. The number of aromatic carboxylic acids is 1. The quantitative estimate of drug-likeness (QED) is 0.933. The first-order chi connectivity index (χ1) is 10.1. The zero-order valence-electron chi connectivity index (χ0n) is 12.1. The van der Waals surface area contributed by atoms with E-state index in [2.05, 4.69) is 4.98 Å². The van der Waals surface area contributed by atoms with Crippen molar-refractivity contribution in [2.24, 2.45) is 0 Å². The summed E-state index contributed by atoms with van der Waals surface area (Å²) in [5.74, 6) is -0.155. The van der Waals surface area contributed by atoms with Crippen molar-refractivity contribution in [3.05, 3.63) is 52.2 Å². The average molecular weight is 283 g/mol. The first-order valence-corrected chi connectivity index (χ1v) is 7.06. The minimum absolute atomic E-state index is 0.136. The number of nitrogens with zero attached hydrogens (tertiary/aromatic N) is 1. The summed E-state index contributed by atoms with van der Waals surface area (Å²) in [7, 11) is 0. The van der Waals surface area contributed by atoms with Crippen LogP contribution in [0.3, 0.4) is 0 Å². The Morgan fingerprint density at radius 1 is 1.29 bits per heavy atom. The molecule has 1 heterocycles. The van der Waals surface area contributed by atoms with Crippen molar-refractivity contribution < 1.29 is 14.6 Å². The topological polar surface area (TPSA) is 59.4 Å². The van der Waals surface area contributed by atoms with Gasteiger partial charge in [-0.1, -0.05) is 12.1 Å². The number of aryl methyl sites for hydroxylation is 3. The van der Waals surface area contributed by atoms with Crippen molar-refractivity contribution >= 4 is 5.97 Å². The first-order valence-electron chi connectivity index (χ1n) is 7.06. The van der Waals surface area contributed by atoms with E-state index in [1.807, 2.05) is 32.0 Å². The maximum Gasteiger partial charge on any atom is 0.341 e. The highest BCUT2D eigenvalue weighted by molar-refractivity contribution is 5.90. The molecular weight excluding hydrogens is 266 g/mol. The summed E-state index contributed by atoms with van der Waals surface area (Å²) >= 11 is 0. The van der Waals surface area contributed by atoms with E-state index >= 15 is 0 Å². The number of aromatic nitrogens is 1. The third-order valence-electron chi connectivity index (χ3n) is 4.01. The predicted molar refractivity (Wildman–Crippen MR) is 79.2 cm³/mol. The van der Waals surface area contributed by atoms with Crippen LogP contribution < -0.4 is 4.74 Å². The summed E-state index contributed by atoms with van der Waals surface area (Å²) in [6.45, 7) is 3.95. The van der Waals surface area contributed by atoms with Gasteiger partial charge in [-0.15, -0.1) is 0 Å². The summed E-state index contributed by atoms with van der Waals surface area (Å²) in [6, 6.07) is 7.43. The van der Waals surface area contributed by atoms with Gasteiger partial charge < -0.3 is 9.84 Å². The van der Waals surface area contributed by atoms with E-state index in [0.29, 0.717) is 5.75 Å². The highest BCUT2D eigenvalue weighted by Crippen LogP contribution is 2.31. The van der Waals surface area contributed by atoms with Crippen LogP contribution in [0.15, 0.2) is 24.3 Å². The number of benzene rings is 1. The number of carbonyl (C=O) groups is 1. The molecule has 0 atom stereocenters. The van der Waals surface area contributed by atoms with Gasteiger partial charge in [-0.25, -0.2) is 9.78 Å². The zero-order valence-corrected chi connectivity index (χ0v) is 12.1. The molecule has 1 aromatic carbocycles. The Morgan fingerprint density at radius 3 is 2.86 bits per heavy atom. The lowest BCUT2D eigenvalue weighted by Crippen LogP contribution is -2.05. The molecule has 2 aromatic rings. The van der Waals surface area contributed by atoms with Gasteiger partial charge in [0, 0.05) is 5.69 Å². The number of hydrogen-bond acceptors (Lipinski definition) is 3. The van der Waals surface area contributed by atoms with Gasteiger partial charge in [-0.05, 0) is 61.9 Å². The van der Waals surface area contributed by atoms with Gasteiger partial charge in [0.1, 0.15) is 11.3 Å². The van der Waals surface area contributed by atoms with E-state index in [4.69, 9.17) is 4.74 Å². The van der Waals surface area contributed by atoms with Gasteiger partial charge >= 0.3 is 5.97 Å². The molecule has 0 saturated carbocycles. The lowest BCUT2D eigenvalue weighted by molar-refractivity contribution is 0.0693. The molecule has 4 nitrogen and oxygen atoms in total. The number of hydrogen-bond donors (Lipinski definition) is 1. The molecule has 1 aliphatic rings. The van der Waals surface area contributed by atoms with Gasteiger partial charge in [-0.3, -0.25) is 0 Å². The number of ether oxygens (including phenoxy) is 1. The van der Waals surface area contributed by atoms with Crippen LogP contribution in [-0.2, 0) is 12.8 Å². The summed E-state index contributed by atoms with van der Waals surface area (Å²) in [4.78, 5) is 15.9. The standard InChI is InChI=1S/C17H17NO3/c1-10-5-3-8-15(11(10)2)21-16-13(17(19)20)9-12-6-4-7-14(12)18-16/h3,5,8-9H,4,6-7H2,1-2H3,(H,19,20). The van der Waals surface area contributed by atoms with Crippen LogP contribution in [0.2, 0.25) is 0 Å². The number of pyridine rings is 1.